The van der Waals surface area contributed by atoms with Crippen LogP contribution in [-0.4, -0.2) is 37.4 Å². The molecule has 0 saturated heterocycles. The summed E-state index contributed by atoms with van der Waals surface area (Å²) in [6.07, 6.45) is -0.356. The minimum absolute atomic E-state index is 0.0830. The topological polar surface area (TPSA) is 74.7 Å². The van der Waals surface area contributed by atoms with Crippen LogP contribution in [0.5, 0.6) is 0 Å². The van der Waals surface area contributed by atoms with Gasteiger partial charge in [0.1, 0.15) is 10.7 Å². The van der Waals surface area contributed by atoms with Crippen LogP contribution in [0.15, 0.2) is 23.1 Å². The summed E-state index contributed by atoms with van der Waals surface area (Å²) in [6, 6.07) is 3.19. The van der Waals surface area contributed by atoms with Gasteiger partial charge in [-0.05, 0) is 18.2 Å². The molecule has 0 aliphatic carbocycles. The molecule has 1 aromatic carbocycles. The van der Waals surface area contributed by atoms with Crippen molar-refractivity contribution in [2.45, 2.75) is 11.3 Å². The number of carboxylic acids is 1. The highest BCUT2D eigenvalue weighted by Gasteiger charge is 2.24. The molecule has 0 aliphatic rings. The number of hydrogen-bond donors (Lipinski definition) is 1. The Morgan fingerprint density at radius 1 is 1.50 bits per heavy atom. The molecule has 0 aliphatic heterocycles. The van der Waals surface area contributed by atoms with Crippen molar-refractivity contribution in [1.82, 2.24) is 4.31 Å². The second-order valence-electron chi connectivity index (χ2n) is 3.55. The number of aliphatic carboxylic acids is 1. The van der Waals surface area contributed by atoms with Gasteiger partial charge in [-0.1, -0.05) is 11.6 Å². The van der Waals surface area contributed by atoms with Gasteiger partial charge in [-0.25, -0.2) is 17.1 Å². The SMILES string of the molecule is CN(CCC(=O)O)S(=O)(=O)c1ccc(Cl)cc1F. The minimum Gasteiger partial charge on any atom is -0.481 e. The van der Waals surface area contributed by atoms with Crippen LogP contribution in [0.1, 0.15) is 6.42 Å². The molecule has 0 amide bonds. The number of benzene rings is 1. The molecule has 100 valence electrons. The Morgan fingerprint density at radius 3 is 2.61 bits per heavy atom. The fourth-order valence-electron chi connectivity index (χ4n) is 1.23. The number of nitrogens with zero attached hydrogens (tertiary/aromatic N) is 1. The predicted octanol–water partition coefficient (Wildman–Crippen LogP) is 1.57. The van der Waals surface area contributed by atoms with Crippen LogP contribution in [-0.2, 0) is 14.8 Å². The highest BCUT2D eigenvalue weighted by Crippen LogP contribution is 2.21. The molecule has 1 N–H and O–H groups in total. The molecule has 1 rings (SSSR count). The van der Waals surface area contributed by atoms with Crippen LogP contribution < -0.4 is 0 Å². The Balaban J connectivity index is 3.02. The molecule has 0 atom stereocenters. The van der Waals surface area contributed by atoms with E-state index in [1.54, 1.807) is 0 Å². The quantitative estimate of drug-likeness (QED) is 0.895. The molecule has 0 heterocycles. The van der Waals surface area contributed by atoms with E-state index in [0.717, 1.165) is 16.4 Å². The van der Waals surface area contributed by atoms with Gasteiger partial charge in [-0.3, -0.25) is 4.79 Å². The molecule has 0 radical (unpaired) electrons. The third kappa shape index (κ3) is 3.41. The lowest BCUT2D eigenvalue weighted by Crippen LogP contribution is -2.29. The van der Waals surface area contributed by atoms with E-state index in [1.165, 1.54) is 13.1 Å². The van der Waals surface area contributed by atoms with E-state index >= 15 is 0 Å². The largest absolute Gasteiger partial charge is 0.481 e. The average molecular weight is 296 g/mol. The summed E-state index contributed by atoms with van der Waals surface area (Å²) in [5.74, 6) is -2.10. The molecule has 0 fully saturated rings. The summed E-state index contributed by atoms with van der Waals surface area (Å²) >= 11 is 5.52. The maximum Gasteiger partial charge on any atom is 0.304 e. The van der Waals surface area contributed by atoms with Gasteiger partial charge in [-0.15, -0.1) is 0 Å². The number of carbonyl (C=O) groups is 1. The van der Waals surface area contributed by atoms with Crippen molar-refractivity contribution < 1.29 is 22.7 Å². The summed E-state index contributed by atoms with van der Waals surface area (Å²) < 4.78 is 38.1. The molecule has 0 spiro atoms. The first-order valence-corrected chi connectivity index (χ1v) is 6.70. The molecule has 0 bridgehead atoms. The van der Waals surface area contributed by atoms with Gasteiger partial charge in [0.05, 0.1) is 6.42 Å². The van der Waals surface area contributed by atoms with Gasteiger partial charge < -0.3 is 5.11 Å². The fraction of sp³-hybridized carbons (Fsp3) is 0.300. The Morgan fingerprint density at radius 2 is 2.11 bits per heavy atom. The molecule has 5 nitrogen and oxygen atoms in total. The lowest BCUT2D eigenvalue weighted by molar-refractivity contribution is -0.137. The van der Waals surface area contributed by atoms with Crippen molar-refractivity contribution in [2.75, 3.05) is 13.6 Å². The monoisotopic (exact) mass is 295 g/mol. The molecule has 18 heavy (non-hydrogen) atoms. The van der Waals surface area contributed by atoms with E-state index in [2.05, 4.69) is 0 Å². The smallest absolute Gasteiger partial charge is 0.304 e. The van der Waals surface area contributed by atoms with Crippen molar-refractivity contribution in [1.29, 1.82) is 0 Å². The van der Waals surface area contributed by atoms with Gasteiger partial charge in [0.15, 0.2) is 0 Å². The molecule has 0 unspecified atom stereocenters. The van der Waals surface area contributed by atoms with Crippen molar-refractivity contribution in [3.8, 4) is 0 Å². The maximum atomic E-state index is 13.5. The third-order valence-corrected chi connectivity index (χ3v) is 4.35. The van der Waals surface area contributed by atoms with Crippen molar-refractivity contribution in [3.63, 3.8) is 0 Å². The average Bonchev–Trinajstić information content (AvgIpc) is 2.24. The van der Waals surface area contributed by atoms with Crippen LogP contribution >= 0.6 is 11.6 Å². The third-order valence-electron chi connectivity index (χ3n) is 2.22. The maximum absolute atomic E-state index is 13.5. The molecule has 8 heteroatoms. The summed E-state index contributed by atoms with van der Waals surface area (Å²) in [6.45, 7) is -0.236. The number of hydrogen-bond acceptors (Lipinski definition) is 3. The molecule has 1 aromatic rings. The fourth-order valence-corrected chi connectivity index (χ4v) is 2.60. The zero-order valence-electron chi connectivity index (χ0n) is 9.43. The van der Waals surface area contributed by atoms with Gasteiger partial charge in [0.25, 0.3) is 0 Å². The highest BCUT2D eigenvalue weighted by molar-refractivity contribution is 7.89. The second-order valence-corrected chi connectivity index (χ2v) is 5.99. The van der Waals surface area contributed by atoms with Crippen molar-refractivity contribution >= 4 is 27.6 Å². The van der Waals surface area contributed by atoms with E-state index in [1.807, 2.05) is 0 Å². The Bertz CT molecular complexity index is 561. The Hall–Kier alpha value is -1.18. The number of halogens is 2. The zero-order chi connectivity index (χ0) is 13.9. The summed E-state index contributed by atoms with van der Waals surface area (Å²) in [7, 11) is -2.86. The lowest BCUT2D eigenvalue weighted by Gasteiger charge is -2.16. The minimum atomic E-state index is -4.05. The summed E-state index contributed by atoms with van der Waals surface area (Å²) in [5.41, 5.74) is 0. The van der Waals surface area contributed by atoms with Crippen LogP contribution in [0.3, 0.4) is 0 Å². The first kappa shape index (κ1) is 14.9. The first-order valence-electron chi connectivity index (χ1n) is 4.88. The van der Waals surface area contributed by atoms with Gasteiger partial charge >= 0.3 is 5.97 Å². The molecular weight excluding hydrogens is 285 g/mol. The standard InChI is InChI=1S/C10H11ClFNO4S/c1-13(5-4-10(14)15)18(16,17)9-3-2-7(11)6-8(9)12/h2-3,6H,4-5H2,1H3,(H,14,15). The van der Waals surface area contributed by atoms with Gasteiger partial charge in [0, 0.05) is 18.6 Å². The Kier molecular flexibility index (Phi) is 4.66. The van der Waals surface area contributed by atoms with Crippen molar-refractivity contribution in [3.05, 3.63) is 29.0 Å². The van der Waals surface area contributed by atoms with Gasteiger partial charge in [-0.2, -0.15) is 0 Å². The Labute approximate surface area is 109 Å². The lowest BCUT2D eigenvalue weighted by atomic mass is 10.3. The molecule has 0 aromatic heterocycles. The summed E-state index contributed by atoms with van der Waals surface area (Å²) in [5, 5.41) is 8.56. The van der Waals surface area contributed by atoms with E-state index in [4.69, 9.17) is 16.7 Å². The van der Waals surface area contributed by atoms with Crippen molar-refractivity contribution in [2.24, 2.45) is 0 Å². The van der Waals surface area contributed by atoms with Crippen LogP contribution in [0.2, 0.25) is 5.02 Å². The van der Waals surface area contributed by atoms with Crippen LogP contribution in [0.4, 0.5) is 4.39 Å². The van der Waals surface area contributed by atoms with E-state index in [9.17, 15) is 17.6 Å². The normalized spacial score (nSPS) is 11.8. The van der Waals surface area contributed by atoms with E-state index in [0.29, 0.717) is 0 Å². The van der Waals surface area contributed by atoms with E-state index in [-0.39, 0.29) is 18.0 Å². The number of carboxylic acid groups (broad SMARTS) is 1. The predicted molar refractivity (Wildman–Crippen MR) is 63.5 cm³/mol. The number of sulfonamides is 1. The number of rotatable bonds is 5. The first-order chi connectivity index (χ1) is 8.25. The second kappa shape index (κ2) is 5.64. The van der Waals surface area contributed by atoms with Gasteiger partial charge in [0.2, 0.25) is 10.0 Å². The molecular formula is C10H11ClFNO4S. The van der Waals surface area contributed by atoms with Crippen LogP contribution in [0.25, 0.3) is 0 Å². The highest BCUT2D eigenvalue weighted by atomic mass is 35.5. The molecule has 0 saturated carbocycles. The summed E-state index contributed by atoms with van der Waals surface area (Å²) in [4.78, 5) is 9.84. The zero-order valence-corrected chi connectivity index (χ0v) is 11.0. The van der Waals surface area contributed by atoms with Crippen LogP contribution in [0, 0.1) is 5.82 Å². The van der Waals surface area contributed by atoms with E-state index < -0.39 is 26.7 Å².